The zero-order valence-electron chi connectivity index (χ0n) is 27.1. The number of para-hydroxylation sites is 2. The molecule has 0 spiro atoms. The quantitative estimate of drug-likeness (QED) is 0.311. The van der Waals surface area contributed by atoms with Gasteiger partial charge >= 0.3 is 0 Å². The third kappa shape index (κ3) is 8.35. The first-order valence-electron chi connectivity index (χ1n) is 16.0. The highest BCUT2D eigenvalue weighted by Crippen LogP contribution is 2.31. The Morgan fingerprint density at radius 1 is 0.822 bits per heavy atom. The Labute approximate surface area is 267 Å². The van der Waals surface area contributed by atoms with Gasteiger partial charge in [-0.1, -0.05) is 45.0 Å². The molecule has 0 saturated carbocycles. The van der Waals surface area contributed by atoms with Crippen molar-refractivity contribution >= 4 is 28.9 Å². The summed E-state index contributed by atoms with van der Waals surface area (Å²) in [5.74, 6) is 0.520. The highest BCUT2D eigenvalue weighted by atomic mass is 16.5. The van der Waals surface area contributed by atoms with E-state index < -0.39 is 0 Å². The first-order valence-corrected chi connectivity index (χ1v) is 16.0. The zero-order valence-corrected chi connectivity index (χ0v) is 27.1. The van der Waals surface area contributed by atoms with Gasteiger partial charge in [0.1, 0.15) is 5.75 Å². The number of carbonyl (C=O) groups excluding carboxylic acids is 2. The molecule has 0 bridgehead atoms. The summed E-state index contributed by atoms with van der Waals surface area (Å²) in [5.41, 5.74) is 4.85. The van der Waals surface area contributed by atoms with Crippen LogP contribution in [0.2, 0.25) is 0 Å². The highest BCUT2D eigenvalue weighted by Gasteiger charge is 2.24. The SMILES string of the molecule is COc1ccccc1N1CCN(c2ccc(NC(=O)c3ccc(C(C)(C)C)cc3)cc2C(=O)NCCCN2CCOCC2)CC1. The van der Waals surface area contributed by atoms with Gasteiger partial charge in [-0.05, 0) is 66.4 Å². The number of ether oxygens (including phenoxy) is 2. The van der Waals surface area contributed by atoms with Crippen molar-refractivity contribution in [3.63, 3.8) is 0 Å². The molecule has 5 rings (SSSR count). The van der Waals surface area contributed by atoms with Gasteiger partial charge in [-0.15, -0.1) is 0 Å². The Balaban J connectivity index is 1.29. The van der Waals surface area contributed by atoms with E-state index in [0.717, 1.165) is 82.6 Å². The molecule has 2 N–H and O–H groups in total. The smallest absolute Gasteiger partial charge is 0.255 e. The number of carbonyl (C=O) groups is 2. The topological polar surface area (TPSA) is 86.4 Å². The molecule has 2 aliphatic rings. The third-order valence-corrected chi connectivity index (χ3v) is 8.60. The number of anilines is 3. The Hall–Kier alpha value is -4.08. The molecule has 0 radical (unpaired) electrons. The van der Waals surface area contributed by atoms with Crippen LogP contribution in [0, 0.1) is 0 Å². The Morgan fingerprint density at radius 2 is 1.49 bits per heavy atom. The van der Waals surface area contributed by atoms with E-state index in [-0.39, 0.29) is 17.2 Å². The zero-order chi connectivity index (χ0) is 31.8. The molecule has 0 unspecified atom stereocenters. The molecule has 3 aromatic rings. The number of nitrogens with zero attached hydrogens (tertiary/aromatic N) is 3. The molecule has 240 valence electrons. The number of rotatable bonds is 10. The lowest BCUT2D eigenvalue weighted by molar-refractivity contribution is 0.0374. The molecule has 2 aliphatic heterocycles. The average Bonchev–Trinajstić information content (AvgIpc) is 3.07. The van der Waals surface area contributed by atoms with E-state index in [1.807, 2.05) is 54.6 Å². The molecular weight excluding hydrogens is 566 g/mol. The van der Waals surface area contributed by atoms with Crippen molar-refractivity contribution in [3.05, 3.63) is 83.4 Å². The number of nitrogens with one attached hydrogen (secondary N) is 2. The van der Waals surface area contributed by atoms with Crippen LogP contribution >= 0.6 is 0 Å². The molecule has 0 aliphatic carbocycles. The van der Waals surface area contributed by atoms with Crippen LogP contribution in [0.5, 0.6) is 5.75 Å². The minimum atomic E-state index is -0.203. The molecule has 2 amide bonds. The number of amides is 2. The number of hydrogen-bond donors (Lipinski definition) is 2. The fraction of sp³-hybridized carbons (Fsp3) is 0.444. The van der Waals surface area contributed by atoms with Crippen molar-refractivity contribution in [3.8, 4) is 5.75 Å². The molecule has 0 atom stereocenters. The lowest BCUT2D eigenvalue weighted by atomic mass is 9.87. The van der Waals surface area contributed by atoms with Crippen molar-refractivity contribution in [1.29, 1.82) is 0 Å². The number of piperazine rings is 1. The Bertz CT molecular complexity index is 1440. The summed E-state index contributed by atoms with van der Waals surface area (Å²) in [6.45, 7) is 14.4. The fourth-order valence-corrected chi connectivity index (χ4v) is 5.90. The van der Waals surface area contributed by atoms with Crippen LogP contribution in [0.15, 0.2) is 66.7 Å². The monoisotopic (exact) mass is 613 g/mol. The average molecular weight is 614 g/mol. The van der Waals surface area contributed by atoms with Crippen LogP contribution in [0.1, 0.15) is 53.5 Å². The lowest BCUT2D eigenvalue weighted by Crippen LogP contribution is -2.47. The van der Waals surface area contributed by atoms with Crippen LogP contribution in [-0.2, 0) is 10.2 Å². The van der Waals surface area contributed by atoms with E-state index in [0.29, 0.717) is 23.4 Å². The van der Waals surface area contributed by atoms with Gasteiger partial charge in [0, 0.05) is 62.8 Å². The van der Waals surface area contributed by atoms with E-state index in [9.17, 15) is 9.59 Å². The van der Waals surface area contributed by atoms with Crippen LogP contribution < -0.4 is 25.2 Å². The molecule has 2 fully saturated rings. The minimum Gasteiger partial charge on any atom is -0.495 e. The second kappa shape index (κ2) is 14.8. The second-order valence-electron chi connectivity index (χ2n) is 12.7. The maximum Gasteiger partial charge on any atom is 0.255 e. The summed E-state index contributed by atoms with van der Waals surface area (Å²) < 4.78 is 11.0. The van der Waals surface area contributed by atoms with Gasteiger partial charge in [0.05, 0.1) is 31.6 Å². The van der Waals surface area contributed by atoms with Crippen molar-refractivity contribution in [2.24, 2.45) is 0 Å². The van der Waals surface area contributed by atoms with Gasteiger partial charge in [0.15, 0.2) is 0 Å². The molecule has 0 aromatic heterocycles. The van der Waals surface area contributed by atoms with Crippen molar-refractivity contribution < 1.29 is 19.1 Å². The molecule has 9 nitrogen and oxygen atoms in total. The van der Waals surface area contributed by atoms with Gasteiger partial charge in [-0.25, -0.2) is 0 Å². The molecule has 45 heavy (non-hydrogen) atoms. The minimum absolute atomic E-state index is 0.00788. The molecular formula is C36H47N5O4. The van der Waals surface area contributed by atoms with E-state index in [2.05, 4.69) is 52.2 Å². The van der Waals surface area contributed by atoms with E-state index in [1.54, 1.807) is 13.2 Å². The van der Waals surface area contributed by atoms with Gasteiger partial charge < -0.3 is 29.9 Å². The van der Waals surface area contributed by atoms with E-state index >= 15 is 0 Å². The predicted octanol–water partition coefficient (Wildman–Crippen LogP) is 5.02. The third-order valence-electron chi connectivity index (χ3n) is 8.60. The van der Waals surface area contributed by atoms with Crippen molar-refractivity contribution in [1.82, 2.24) is 10.2 Å². The maximum atomic E-state index is 13.7. The van der Waals surface area contributed by atoms with Crippen LogP contribution in [0.4, 0.5) is 17.1 Å². The second-order valence-corrected chi connectivity index (χ2v) is 12.7. The van der Waals surface area contributed by atoms with Gasteiger partial charge in [-0.2, -0.15) is 0 Å². The lowest BCUT2D eigenvalue weighted by Gasteiger charge is -2.38. The van der Waals surface area contributed by atoms with E-state index in [1.165, 1.54) is 5.56 Å². The number of hydrogen-bond acceptors (Lipinski definition) is 7. The summed E-state index contributed by atoms with van der Waals surface area (Å²) in [5, 5.41) is 6.15. The van der Waals surface area contributed by atoms with E-state index in [4.69, 9.17) is 9.47 Å². The van der Waals surface area contributed by atoms with Crippen LogP contribution in [-0.4, -0.2) is 89.4 Å². The summed E-state index contributed by atoms with van der Waals surface area (Å²) in [6, 6.07) is 21.4. The van der Waals surface area contributed by atoms with Crippen LogP contribution in [0.25, 0.3) is 0 Å². The summed E-state index contributed by atoms with van der Waals surface area (Å²) in [6.07, 6.45) is 0.861. The maximum absolute atomic E-state index is 13.7. The summed E-state index contributed by atoms with van der Waals surface area (Å²) in [7, 11) is 1.70. The van der Waals surface area contributed by atoms with Gasteiger partial charge in [0.2, 0.25) is 0 Å². The number of methoxy groups -OCH3 is 1. The summed E-state index contributed by atoms with van der Waals surface area (Å²) >= 11 is 0. The number of morpholine rings is 1. The molecule has 9 heteroatoms. The van der Waals surface area contributed by atoms with Crippen LogP contribution in [0.3, 0.4) is 0 Å². The first kappa shape index (κ1) is 32.3. The van der Waals surface area contributed by atoms with Gasteiger partial charge in [-0.3, -0.25) is 14.5 Å². The van der Waals surface area contributed by atoms with Crippen molar-refractivity contribution in [2.75, 3.05) is 87.8 Å². The predicted molar refractivity (Wildman–Crippen MR) is 181 cm³/mol. The molecule has 2 saturated heterocycles. The molecule has 2 heterocycles. The Kier molecular flexibility index (Phi) is 10.6. The molecule has 3 aromatic carbocycles. The normalized spacial score (nSPS) is 15.9. The summed E-state index contributed by atoms with van der Waals surface area (Å²) in [4.78, 5) is 33.8. The first-order chi connectivity index (χ1) is 21.7. The number of benzene rings is 3. The standard InChI is InChI=1S/C36H47N5O4/c1-36(2,3)28-12-10-27(11-13-28)34(42)38-29-14-15-31(30(26-29)35(43)37-16-7-17-39-22-24-45-25-23-39)40-18-20-41(21-19-40)32-8-5-6-9-33(32)44-4/h5-6,8-15,26H,7,16-25H2,1-4H3,(H,37,43)(H,38,42). The fourth-order valence-electron chi connectivity index (χ4n) is 5.90. The largest absolute Gasteiger partial charge is 0.495 e. The van der Waals surface area contributed by atoms with Crippen molar-refractivity contribution in [2.45, 2.75) is 32.6 Å². The van der Waals surface area contributed by atoms with Gasteiger partial charge in [0.25, 0.3) is 11.8 Å². The highest BCUT2D eigenvalue weighted by molar-refractivity contribution is 6.06. The Morgan fingerprint density at radius 3 is 2.16 bits per heavy atom.